The Balaban J connectivity index is 0.000000239. The number of carboxylic acids is 1. The molecule has 0 spiro atoms. The van der Waals surface area contributed by atoms with E-state index in [-0.39, 0.29) is 19.7 Å². The first-order chi connectivity index (χ1) is 15.1. The van der Waals surface area contributed by atoms with Crippen molar-refractivity contribution in [2.75, 3.05) is 32.7 Å². The molecular formula is C25H30N2O4. The maximum atomic E-state index is 12.1. The van der Waals surface area contributed by atoms with Crippen LogP contribution in [0.5, 0.6) is 0 Å². The second-order valence-corrected chi connectivity index (χ2v) is 8.72. The fraction of sp³-hybridized carbons (Fsp3) is 0.440. The van der Waals surface area contributed by atoms with Gasteiger partial charge in [-0.25, -0.2) is 4.79 Å². The standard InChI is InChI=1S/C18H17NO4.C7H13N/c20-16(21)18(15-9-5-2-6-10-15)12-19(13-18)17(22)23-11-14-7-3-1-4-8-14;1-4-8-5-2-7(1)3-6-8/h1-10H,11-13H2,(H,20,21);7H,1-6H2. The molecule has 0 aromatic heterocycles. The maximum absolute atomic E-state index is 12.1. The predicted octanol–water partition coefficient (Wildman–Crippen LogP) is 3.76. The molecule has 4 fully saturated rings. The summed E-state index contributed by atoms with van der Waals surface area (Å²) in [7, 11) is 0. The Morgan fingerprint density at radius 3 is 1.90 bits per heavy atom. The smallest absolute Gasteiger partial charge is 0.410 e. The van der Waals surface area contributed by atoms with Gasteiger partial charge in [-0.15, -0.1) is 0 Å². The third-order valence-electron chi connectivity index (χ3n) is 6.68. The SMILES string of the molecule is C1CN2CCC1CC2.O=C(OCc1ccccc1)N1CC(C(=O)O)(c2ccccc2)C1. The highest BCUT2D eigenvalue weighted by Crippen LogP contribution is 2.35. The Hall–Kier alpha value is -2.86. The van der Waals surface area contributed by atoms with Crippen LogP contribution in [-0.2, 0) is 21.6 Å². The molecular weight excluding hydrogens is 392 g/mol. The minimum atomic E-state index is -1.03. The molecule has 1 amide bonds. The molecule has 0 radical (unpaired) electrons. The Morgan fingerprint density at radius 2 is 1.45 bits per heavy atom. The van der Waals surface area contributed by atoms with Crippen molar-refractivity contribution in [1.29, 1.82) is 0 Å². The van der Waals surface area contributed by atoms with Crippen LogP contribution in [0.1, 0.15) is 30.4 Å². The van der Waals surface area contributed by atoms with Gasteiger partial charge in [-0.05, 0) is 55.9 Å². The summed E-state index contributed by atoms with van der Waals surface area (Å²) in [6.45, 7) is 4.61. The van der Waals surface area contributed by atoms with E-state index in [2.05, 4.69) is 4.90 Å². The lowest BCUT2D eigenvalue weighted by Gasteiger charge is -2.46. The number of rotatable bonds is 4. The van der Waals surface area contributed by atoms with Crippen molar-refractivity contribution in [2.24, 2.45) is 5.92 Å². The number of benzene rings is 2. The Kier molecular flexibility index (Phi) is 6.56. The molecule has 4 aliphatic rings. The van der Waals surface area contributed by atoms with Gasteiger partial charge >= 0.3 is 12.1 Å². The molecule has 6 heteroatoms. The summed E-state index contributed by atoms with van der Waals surface area (Å²) in [6.07, 6.45) is 3.97. The summed E-state index contributed by atoms with van der Waals surface area (Å²) >= 11 is 0. The van der Waals surface area contributed by atoms with Gasteiger partial charge in [0, 0.05) is 13.1 Å². The van der Waals surface area contributed by atoms with Gasteiger partial charge in [0.05, 0.1) is 0 Å². The van der Waals surface area contributed by atoms with Gasteiger partial charge in [0.1, 0.15) is 12.0 Å². The quantitative estimate of drug-likeness (QED) is 0.812. The summed E-state index contributed by atoms with van der Waals surface area (Å²) < 4.78 is 5.24. The number of aliphatic carboxylic acids is 1. The van der Waals surface area contributed by atoms with Crippen molar-refractivity contribution in [3.05, 3.63) is 71.8 Å². The lowest BCUT2D eigenvalue weighted by Crippen LogP contribution is -2.65. The molecule has 6 rings (SSSR count). The molecule has 31 heavy (non-hydrogen) atoms. The summed E-state index contributed by atoms with van der Waals surface area (Å²) in [5, 5.41) is 9.57. The Labute approximate surface area is 183 Å². The first-order valence-corrected chi connectivity index (χ1v) is 11.0. The van der Waals surface area contributed by atoms with Crippen LogP contribution in [0.4, 0.5) is 4.79 Å². The summed E-state index contributed by atoms with van der Waals surface area (Å²) in [5.74, 6) is 0.191. The monoisotopic (exact) mass is 422 g/mol. The zero-order valence-electron chi connectivity index (χ0n) is 17.8. The number of carboxylic acid groups (broad SMARTS) is 1. The number of carbonyl (C=O) groups excluding carboxylic acids is 1. The van der Waals surface area contributed by atoms with Crippen LogP contribution in [0.25, 0.3) is 0 Å². The van der Waals surface area contributed by atoms with Gasteiger partial charge in [-0.2, -0.15) is 0 Å². The molecule has 164 valence electrons. The Bertz CT molecular complexity index is 850. The van der Waals surface area contributed by atoms with E-state index in [1.54, 1.807) is 24.3 Å². The molecule has 2 aromatic rings. The van der Waals surface area contributed by atoms with E-state index in [4.69, 9.17) is 4.74 Å². The zero-order chi connectivity index (χ0) is 21.7. The molecule has 1 N–H and O–H groups in total. The summed E-state index contributed by atoms with van der Waals surface area (Å²) in [4.78, 5) is 27.7. The highest BCUT2D eigenvalue weighted by atomic mass is 16.6. The van der Waals surface area contributed by atoms with Crippen molar-refractivity contribution < 1.29 is 19.4 Å². The van der Waals surface area contributed by atoms with Crippen LogP contribution in [0.2, 0.25) is 0 Å². The van der Waals surface area contributed by atoms with E-state index in [1.165, 1.54) is 43.8 Å². The number of hydrogen-bond acceptors (Lipinski definition) is 4. The number of nitrogens with zero attached hydrogens (tertiary/aromatic N) is 2. The number of amides is 1. The maximum Gasteiger partial charge on any atom is 0.410 e. The fourth-order valence-electron chi connectivity index (χ4n) is 4.61. The van der Waals surface area contributed by atoms with Crippen molar-refractivity contribution in [1.82, 2.24) is 9.80 Å². The third-order valence-corrected chi connectivity index (χ3v) is 6.68. The predicted molar refractivity (Wildman–Crippen MR) is 118 cm³/mol. The van der Waals surface area contributed by atoms with Gasteiger partial charge in [-0.3, -0.25) is 4.79 Å². The largest absolute Gasteiger partial charge is 0.480 e. The molecule has 0 saturated carbocycles. The van der Waals surface area contributed by atoms with Crippen LogP contribution < -0.4 is 0 Å². The molecule has 4 aliphatic heterocycles. The normalized spacial score (nSPS) is 23.2. The number of likely N-dealkylation sites (tertiary alicyclic amines) is 1. The van der Waals surface area contributed by atoms with Crippen molar-refractivity contribution in [3.8, 4) is 0 Å². The number of fused-ring (bicyclic) bond motifs is 3. The first-order valence-electron chi connectivity index (χ1n) is 11.0. The fourth-order valence-corrected chi connectivity index (χ4v) is 4.61. The molecule has 0 atom stereocenters. The first kappa shape index (κ1) is 21.4. The van der Waals surface area contributed by atoms with Crippen LogP contribution in [0.3, 0.4) is 0 Å². The van der Waals surface area contributed by atoms with Crippen LogP contribution in [-0.4, -0.2) is 59.7 Å². The molecule has 2 aromatic carbocycles. The second-order valence-electron chi connectivity index (χ2n) is 8.72. The van der Waals surface area contributed by atoms with Crippen LogP contribution >= 0.6 is 0 Å². The highest BCUT2D eigenvalue weighted by molar-refractivity contribution is 5.86. The van der Waals surface area contributed by atoms with Crippen LogP contribution in [0.15, 0.2) is 60.7 Å². The second kappa shape index (κ2) is 9.52. The number of ether oxygens (including phenoxy) is 1. The average molecular weight is 423 g/mol. The minimum Gasteiger partial charge on any atom is -0.480 e. The minimum absolute atomic E-state index is 0.125. The van der Waals surface area contributed by atoms with Crippen molar-refractivity contribution >= 4 is 12.1 Å². The lowest BCUT2D eigenvalue weighted by atomic mass is 9.74. The molecule has 0 unspecified atom stereocenters. The third kappa shape index (κ3) is 4.90. The highest BCUT2D eigenvalue weighted by Gasteiger charge is 2.53. The molecule has 4 saturated heterocycles. The molecule has 2 bridgehead atoms. The number of hydrogen-bond donors (Lipinski definition) is 1. The van der Waals surface area contributed by atoms with E-state index in [9.17, 15) is 14.7 Å². The van der Waals surface area contributed by atoms with E-state index in [0.29, 0.717) is 5.56 Å². The van der Waals surface area contributed by atoms with Gasteiger partial charge in [0.2, 0.25) is 0 Å². The van der Waals surface area contributed by atoms with Gasteiger partial charge < -0.3 is 19.6 Å². The lowest BCUT2D eigenvalue weighted by molar-refractivity contribution is -0.150. The van der Waals surface area contributed by atoms with E-state index >= 15 is 0 Å². The van der Waals surface area contributed by atoms with Gasteiger partial charge in [0.15, 0.2) is 0 Å². The number of piperidine rings is 3. The molecule has 4 heterocycles. The molecule has 6 nitrogen and oxygen atoms in total. The van der Waals surface area contributed by atoms with Crippen LogP contribution in [0, 0.1) is 5.92 Å². The van der Waals surface area contributed by atoms with E-state index < -0.39 is 17.5 Å². The topological polar surface area (TPSA) is 70.1 Å². The summed E-state index contributed by atoms with van der Waals surface area (Å²) in [6, 6.07) is 18.4. The zero-order valence-corrected chi connectivity index (χ0v) is 17.8. The summed E-state index contributed by atoms with van der Waals surface area (Å²) in [5.41, 5.74) is 0.570. The van der Waals surface area contributed by atoms with Gasteiger partial charge in [-0.1, -0.05) is 60.7 Å². The van der Waals surface area contributed by atoms with E-state index in [1.807, 2.05) is 36.4 Å². The van der Waals surface area contributed by atoms with Crippen molar-refractivity contribution in [3.63, 3.8) is 0 Å². The Morgan fingerprint density at radius 1 is 0.903 bits per heavy atom. The van der Waals surface area contributed by atoms with E-state index in [0.717, 1.165) is 11.5 Å². The molecule has 0 aliphatic carbocycles. The number of carbonyl (C=O) groups is 2. The average Bonchev–Trinajstić information content (AvgIpc) is 2.80. The van der Waals surface area contributed by atoms with Crippen molar-refractivity contribution in [2.45, 2.75) is 31.3 Å². The van der Waals surface area contributed by atoms with Gasteiger partial charge in [0.25, 0.3) is 0 Å².